The molecule has 0 aliphatic carbocycles. The molecule has 0 saturated heterocycles. The quantitative estimate of drug-likeness (QED) is 0.836. The Bertz CT molecular complexity index is 656. The summed E-state index contributed by atoms with van der Waals surface area (Å²) < 4.78 is 5.06. The second-order valence-electron chi connectivity index (χ2n) is 4.80. The van der Waals surface area contributed by atoms with Crippen molar-refractivity contribution < 1.29 is 14.9 Å². The minimum atomic E-state index is -0.297. The van der Waals surface area contributed by atoms with E-state index in [1.807, 2.05) is 32.0 Å². The molecular formula is C16H18N2O3. The highest BCUT2D eigenvalue weighted by molar-refractivity contribution is 5.56. The summed E-state index contributed by atoms with van der Waals surface area (Å²) in [5.74, 6) is 0.182. The second-order valence-corrected chi connectivity index (χ2v) is 4.80. The van der Waals surface area contributed by atoms with Gasteiger partial charge in [-0.3, -0.25) is 0 Å². The molecular weight excluding hydrogens is 268 g/mol. The lowest BCUT2D eigenvalue weighted by molar-refractivity contribution is 0.272. The lowest BCUT2D eigenvalue weighted by Crippen LogP contribution is -1.89. The third-order valence-corrected chi connectivity index (χ3v) is 3.15. The van der Waals surface area contributed by atoms with Crippen LogP contribution in [0.1, 0.15) is 16.7 Å². The molecule has 5 nitrogen and oxygen atoms in total. The van der Waals surface area contributed by atoms with Crippen molar-refractivity contribution in [3.63, 3.8) is 0 Å². The van der Waals surface area contributed by atoms with Gasteiger partial charge in [-0.05, 0) is 31.5 Å². The SMILES string of the molecule is COc1cc(N=Nc2ccc(C)cc2C)cc(CO)c1O. The summed E-state index contributed by atoms with van der Waals surface area (Å²) in [6.07, 6.45) is 0. The number of hydrogen-bond donors (Lipinski definition) is 2. The monoisotopic (exact) mass is 286 g/mol. The summed E-state index contributed by atoms with van der Waals surface area (Å²) in [6.45, 7) is 3.69. The van der Waals surface area contributed by atoms with Gasteiger partial charge in [0.2, 0.25) is 0 Å². The van der Waals surface area contributed by atoms with Gasteiger partial charge in [0.1, 0.15) is 0 Å². The highest BCUT2D eigenvalue weighted by atomic mass is 16.5. The molecule has 2 aromatic rings. The first kappa shape index (κ1) is 15.0. The van der Waals surface area contributed by atoms with Crippen molar-refractivity contribution in [3.05, 3.63) is 47.0 Å². The molecule has 0 atom stereocenters. The Morgan fingerprint density at radius 3 is 2.48 bits per heavy atom. The summed E-state index contributed by atoms with van der Waals surface area (Å²) in [5, 5.41) is 27.4. The van der Waals surface area contributed by atoms with Crippen molar-refractivity contribution in [3.8, 4) is 11.5 Å². The van der Waals surface area contributed by atoms with Gasteiger partial charge in [-0.15, -0.1) is 0 Å². The number of hydrogen-bond acceptors (Lipinski definition) is 5. The summed E-state index contributed by atoms with van der Waals surface area (Å²) >= 11 is 0. The Balaban J connectivity index is 2.36. The molecule has 0 aromatic heterocycles. The third-order valence-electron chi connectivity index (χ3n) is 3.15. The van der Waals surface area contributed by atoms with Gasteiger partial charge in [0.25, 0.3) is 0 Å². The van der Waals surface area contributed by atoms with Crippen LogP contribution in [0.2, 0.25) is 0 Å². The number of rotatable bonds is 4. The number of phenols is 1. The molecule has 5 heteroatoms. The average molecular weight is 286 g/mol. The minimum absolute atomic E-state index is 0.0783. The zero-order valence-electron chi connectivity index (χ0n) is 12.3. The highest BCUT2D eigenvalue weighted by Gasteiger charge is 2.09. The Kier molecular flexibility index (Phi) is 4.55. The summed E-state index contributed by atoms with van der Waals surface area (Å²) in [7, 11) is 1.45. The van der Waals surface area contributed by atoms with E-state index < -0.39 is 0 Å². The fourth-order valence-electron chi connectivity index (χ4n) is 2.01. The average Bonchev–Trinajstić information content (AvgIpc) is 2.47. The van der Waals surface area contributed by atoms with Gasteiger partial charge in [-0.1, -0.05) is 17.7 Å². The van der Waals surface area contributed by atoms with E-state index in [9.17, 15) is 10.2 Å². The predicted octanol–water partition coefficient (Wildman–Crippen LogP) is 3.93. The molecule has 0 bridgehead atoms. The van der Waals surface area contributed by atoms with E-state index in [2.05, 4.69) is 10.2 Å². The van der Waals surface area contributed by atoms with Crippen LogP contribution >= 0.6 is 0 Å². The number of aliphatic hydroxyl groups excluding tert-OH is 1. The zero-order chi connectivity index (χ0) is 15.4. The molecule has 0 radical (unpaired) electrons. The first-order valence-corrected chi connectivity index (χ1v) is 6.55. The molecule has 0 saturated carbocycles. The van der Waals surface area contributed by atoms with E-state index in [0.29, 0.717) is 11.3 Å². The fourth-order valence-corrected chi connectivity index (χ4v) is 2.01. The van der Waals surface area contributed by atoms with Crippen molar-refractivity contribution in [1.29, 1.82) is 0 Å². The Morgan fingerprint density at radius 2 is 1.86 bits per heavy atom. The van der Waals surface area contributed by atoms with Crippen LogP contribution in [-0.4, -0.2) is 17.3 Å². The lowest BCUT2D eigenvalue weighted by Gasteiger charge is -2.08. The van der Waals surface area contributed by atoms with E-state index in [4.69, 9.17) is 4.74 Å². The molecule has 0 heterocycles. The normalized spacial score (nSPS) is 11.0. The second kappa shape index (κ2) is 6.37. The van der Waals surface area contributed by atoms with Crippen LogP contribution < -0.4 is 4.74 Å². The van der Waals surface area contributed by atoms with Crippen molar-refractivity contribution in [2.75, 3.05) is 7.11 Å². The minimum Gasteiger partial charge on any atom is -0.504 e. The lowest BCUT2D eigenvalue weighted by atomic mass is 10.1. The highest BCUT2D eigenvalue weighted by Crippen LogP contribution is 2.35. The zero-order valence-corrected chi connectivity index (χ0v) is 12.3. The topological polar surface area (TPSA) is 74.4 Å². The fraction of sp³-hybridized carbons (Fsp3) is 0.250. The van der Waals surface area contributed by atoms with Crippen LogP contribution in [0.3, 0.4) is 0 Å². The maximum atomic E-state index is 9.82. The Hall–Kier alpha value is -2.40. The van der Waals surface area contributed by atoms with E-state index >= 15 is 0 Å². The smallest absolute Gasteiger partial charge is 0.163 e. The van der Waals surface area contributed by atoms with Crippen molar-refractivity contribution in [2.45, 2.75) is 20.5 Å². The van der Waals surface area contributed by atoms with Gasteiger partial charge in [-0.2, -0.15) is 10.2 Å². The van der Waals surface area contributed by atoms with Gasteiger partial charge >= 0.3 is 0 Å². The number of ether oxygens (including phenoxy) is 1. The molecule has 21 heavy (non-hydrogen) atoms. The molecule has 0 aliphatic rings. The Labute approximate surface area is 123 Å². The standard InChI is InChI=1S/C16H18N2O3/c1-10-4-5-14(11(2)6-10)18-17-13-7-12(9-19)16(20)15(8-13)21-3/h4-8,19-20H,9H2,1-3H3. The van der Waals surface area contributed by atoms with Gasteiger partial charge in [0.15, 0.2) is 11.5 Å². The maximum Gasteiger partial charge on any atom is 0.163 e. The number of aromatic hydroxyl groups is 1. The van der Waals surface area contributed by atoms with E-state index in [-0.39, 0.29) is 18.1 Å². The van der Waals surface area contributed by atoms with Crippen molar-refractivity contribution in [2.24, 2.45) is 10.2 Å². The van der Waals surface area contributed by atoms with Gasteiger partial charge in [0, 0.05) is 11.6 Å². The van der Waals surface area contributed by atoms with E-state index in [0.717, 1.165) is 11.3 Å². The van der Waals surface area contributed by atoms with Crippen LogP contribution in [0.15, 0.2) is 40.6 Å². The molecule has 2 rings (SSSR count). The maximum absolute atomic E-state index is 9.82. The molecule has 0 spiro atoms. The van der Waals surface area contributed by atoms with E-state index in [1.165, 1.54) is 12.7 Å². The first-order chi connectivity index (χ1) is 10.0. The summed E-state index contributed by atoms with van der Waals surface area (Å²) in [6, 6.07) is 9.05. The van der Waals surface area contributed by atoms with Gasteiger partial charge in [-0.25, -0.2) is 0 Å². The first-order valence-electron chi connectivity index (χ1n) is 6.55. The van der Waals surface area contributed by atoms with Crippen molar-refractivity contribution in [1.82, 2.24) is 0 Å². The number of azo groups is 1. The number of nitrogens with zero attached hydrogens (tertiary/aromatic N) is 2. The van der Waals surface area contributed by atoms with Crippen LogP contribution in [0, 0.1) is 13.8 Å². The number of aliphatic hydroxyl groups is 1. The molecule has 0 aliphatic heterocycles. The van der Waals surface area contributed by atoms with E-state index in [1.54, 1.807) is 12.1 Å². The largest absolute Gasteiger partial charge is 0.504 e. The molecule has 0 fully saturated rings. The van der Waals surface area contributed by atoms with Crippen LogP contribution in [0.5, 0.6) is 11.5 Å². The molecule has 110 valence electrons. The van der Waals surface area contributed by atoms with Gasteiger partial charge in [0.05, 0.1) is 25.1 Å². The van der Waals surface area contributed by atoms with Crippen LogP contribution in [0.4, 0.5) is 11.4 Å². The van der Waals surface area contributed by atoms with Crippen LogP contribution in [-0.2, 0) is 6.61 Å². The summed E-state index contributed by atoms with van der Waals surface area (Å²) in [5.41, 5.74) is 3.84. The number of benzene rings is 2. The molecule has 2 aromatic carbocycles. The molecule has 2 N–H and O–H groups in total. The molecule has 0 amide bonds. The number of aryl methyl sites for hydroxylation is 2. The Morgan fingerprint density at radius 1 is 1.10 bits per heavy atom. The third kappa shape index (κ3) is 3.38. The molecule has 0 unspecified atom stereocenters. The van der Waals surface area contributed by atoms with Crippen LogP contribution in [0.25, 0.3) is 0 Å². The summed E-state index contributed by atoms with van der Waals surface area (Å²) in [4.78, 5) is 0. The van der Waals surface area contributed by atoms with Crippen molar-refractivity contribution >= 4 is 11.4 Å². The predicted molar refractivity (Wildman–Crippen MR) is 80.7 cm³/mol. The van der Waals surface area contributed by atoms with Gasteiger partial charge < -0.3 is 14.9 Å². The number of methoxy groups -OCH3 is 1.